The average molecular weight is 211 g/mol. The molecule has 2 atom stereocenters. The van der Waals surface area contributed by atoms with Gasteiger partial charge in [-0.15, -0.1) is 11.3 Å². The summed E-state index contributed by atoms with van der Waals surface area (Å²) in [7, 11) is 0. The number of piperazine rings is 1. The van der Waals surface area contributed by atoms with E-state index in [1.807, 2.05) is 5.51 Å². The first-order valence-corrected chi connectivity index (χ1v) is 6.04. The number of hydrogen-bond acceptors (Lipinski definition) is 4. The van der Waals surface area contributed by atoms with Crippen molar-refractivity contribution in [2.45, 2.75) is 32.5 Å². The number of nitrogens with one attached hydrogen (secondary N) is 1. The third kappa shape index (κ3) is 2.53. The van der Waals surface area contributed by atoms with Crippen molar-refractivity contribution in [2.24, 2.45) is 0 Å². The van der Waals surface area contributed by atoms with Crippen LogP contribution in [0.15, 0.2) is 10.9 Å². The lowest BCUT2D eigenvalue weighted by molar-refractivity contribution is 0.165. The van der Waals surface area contributed by atoms with E-state index in [-0.39, 0.29) is 0 Å². The monoisotopic (exact) mass is 211 g/mol. The molecule has 1 aliphatic heterocycles. The van der Waals surface area contributed by atoms with Crippen LogP contribution in [-0.4, -0.2) is 35.1 Å². The molecule has 1 aliphatic rings. The van der Waals surface area contributed by atoms with Crippen molar-refractivity contribution < 1.29 is 0 Å². The molecule has 0 bridgehead atoms. The highest BCUT2D eigenvalue weighted by Gasteiger charge is 2.20. The van der Waals surface area contributed by atoms with Crippen LogP contribution in [0.2, 0.25) is 0 Å². The Bertz CT molecular complexity index is 263. The fourth-order valence-corrected chi connectivity index (χ4v) is 2.66. The van der Waals surface area contributed by atoms with Gasteiger partial charge < -0.3 is 5.32 Å². The Hall–Kier alpha value is -0.450. The average Bonchev–Trinajstić information content (AvgIpc) is 2.54. The first kappa shape index (κ1) is 10.1. The maximum atomic E-state index is 4.32. The van der Waals surface area contributed by atoms with Gasteiger partial charge in [0, 0.05) is 37.1 Å². The van der Waals surface area contributed by atoms with Crippen LogP contribution in [-0.2, 0) is 6.54 Å². The van der Waals surface area contributed by atoms with E-state index >= 15 is 0 Å². The molecule has 1 aromatic rings. The summed E-state index contributed by atoms with van der Waals surface area (Å²) in [6, 6.07) is 1.19. The van der Waals surface area contributed by atoms with E-state index in [1.54, 1.807) is 11.3 Å². The van der Waals surface area contributed by atoms with Crippen molar-refractivity contribution in [1.82, 2.24) is 15.2 Å². The molecule has 0 saturated carbocycles. The molecule has 2 heterocycles. The molecule has 4 heteroatoms. The second-order valence-corrected chi connectivity index (χ2v) is 4.86. The third-order valence-corrected chi connectivity index (χ3v) is 3.14. The number of thiazole rings is 1. The predicted octanol–water partition coefficient (Wildman–Crippen LogP) is 1.33. The van der Waals surface area contributed by atoms with E-state index in [1.165, 1.54) is 5.69 Å². The van der Waals surface area contributed by atoms with E-state index in [0.29, 0.717) is 12.1 Å². The standard InChI is InChI=1S/C10H17N3S/c1-8-3-13(4-9(2)12-8)5-10-6-14-7-11-10/h6-9,12H,3-5H2,1-2H3. The van der Waals surface area contributed by atoms with E-state index in [4.69, 9.17) is 0 Å². The molecule has 0 radical (unpaired) electrons. The zero-order valence-electron chi connectivity index (χ0n) is 8.73. The Morgan fingerprint density at radius 2 is 2.21 bits per heavy atom. The summed E-state index contributed by atoms with van der Waals surface area (Å²) in [5.41, 5.74) is 3.11. The zero-order valence-corrected chi connectivity index (χ0v) is 9.55. The molecule has 1 N–H and O–H groups in total. The van der Waals surface area contributed by atoms with E-state index in [0.717, 1.165) is 19.6 Å². The van der Waals surface area contributed by atoms with E-state index in [2.05, 4.69) is 34.4 Å². The Balaban J connectivity index is 1.91. The van der Waals surface area contributed by atoms with Crippen molar-refractivity contribution in [3.63, 3.8) is 0 Å². The molecule has 0 amide bonds. The number of aromatic nitrogens is 1. The summed E-state index contributed by atoms with van der Waals surface area (Å²) in [5.74, 6) is 0. The molecule has 1 fully saturated rings. The quantitative estimate of drug-likeness (QED) is 0.800. The summed E-state index contributed by atoms with van der Waals surface area (Å²) in [5, 5.41) is 5.67. The highest BCUT2D eigenvalue weighted by atomic mass is 32.1. The minimum atomic E-state index is 0.595. The zero-order chi connectivity index (χ0) is 9.97. The van der Waals surface area contributed by atoms with Gasteiger partial charge in [0.25, 0.3) is 0 Å². The lowest BCUT2D eigenvalue weighted by atomic mass is 10.1. The van der Waals surface area contributed by atoms with Crippen LogP contribution in [0.1, 0.15) is 19.5 Å². The molecule has 1 aromatic heterocycles. The first-order chi connectivity index (χ1) is 6.74. The minimum absolute atomic E-state index is 0.595. The second-order valence-electron chi connectivity index (χ2n) is 4.14. The molecule has 1 saturated heterocycles. The van der Waals surface area contributed by atoms with Gasteiger partial charge in [-0.3, -0.25) is 4.90 Å². The van der Waals surface area contributed by atoms with E-state index < -0.39 is 0 Å². The molecule has 0 aliphatic carbocycles. The maximum Gasteiger partial charge on any atom is 0.0795 e. The van der Waals surface area contributed by atoms with Crippen LogP contribution in [0, 0.1) is 0 Å². The van der Waals surface area contributed by atoms with Crippen LogP contribution < -0.4 is 5.32 Å². The van der Waals surface area contributed by atoms with Gasteiger partial charge in [-0.05, 0) is 13.8 Å². The SMILES string of the molecule is CC1CN(Cc2cscn2)CC(C)N1. The van der Waals surface area contributed by atoms with Crippen LogP contribution in [0.4, 0.5) is 0 Å². The maximum absolute atomic E-state index is 4.32. The van der Waals surface area contributed by atoms with Gasteiger partial charge in [0.05, 0.1) is 11.2 Å². The predicted molar refractivity (Wildman–Crippen MR) is 59.5 cm³/mol. The van der Waals surface area contributed by atoms with Gasteiger partial charge in [0.1, 0.15) is 0 Å². The normalized spacial score (nSPS) is 29.3. The molecule has 2 rings (SSSR count). The van der Waals surface area contributed by atoms with Crippen molar-refractivity contribution >= 4 is 11.3 Å². The van der Waals surface area contributed by atoms with Crippen molar-refractivity contribution in [1.29, 1.82) is 0 Å². The van der Waals surface area contributed by atoms with Gasteiger partial charge in [-0.1, -0.05) is 0 Å². The Morgan fingerprint density at radius 1 is 1.50 bits per heavy atom. The molecule has 3 nitrogen and oxygen atoms in total. The van der Waals surface area contributed by atoms with E-state index in [9.17, 15) is 0 Å². The van der Waals surface area contributed by atoms with Gasteiger partial charge in [0.2, 0.25) is 0 Å². The van der Waals surface area contributed by atoms with Gasteiger partial charge in [0.15, 0.2) is 0 Å². The molecule has 0 spiro atoms. The summed E-state index contributed by atoms with van der Waals surface area (Å²) in [4.78, 5) is 6.79. The Kier molecular flexibility index (Phi) is 3.15. The molecule has 78 valence electrons. The number of nitrogens with zero attached hydrogens (tertiary/aromatic N) is 2. The van der Waals surface area contributed by atoms with Crippen molar-refractivity contribution in [3.8, 4) is 0 Å². The third-order valence-electron chi connectivity index (χ3n) is 2.50. The Morgan fingerprint density at radius 3 is 2.79 bits per heavy atom. The molecule has 2 unspecified atom stereocenters. The van der Waals surface area contributed by atoms with Gasteiger partial charge >= 0.3 is 0 Å². The molecular formula is C10H17N3S. The fourth-order valence-electron chi connectivity index (χ4n) is 2.11. The molecule has 14 heavy (non-hydrogen) atoms. The summed E-state index contributed by atoms with van der Waals surface area (Å²) < 4.78 is 0. The Labute approximate surface area is 89.1 Å². The largest absolute Gasteiger partial charge is 0.309 e. The highest BCUT2D eigenvalue weighted by molar-refractivity contribution is 7.07. The van der Waals surface area contributed by atoms with Gasteiger partial charge in [-0.2, -0.15) is 0 Å². The fraction of sp³-hybridized carbons (Fsp3) is 0.700. The molecule has 0 aromatic carbocycles. The van der Waals surface area contributed by atoms with Crippen LogP contribution in [0.3, 0.4) is 0 Å². The van der Waals surface area contributed by atoms with Crippen molar-refractivity contribution in [3.05, 3.63) is 16.6 Å². The summed E-state index contributed by atoms with van der Waals surface area (Å²) >= 11 is 1.68. The number of rotatable bonds is 2. The van der Waals surface area contributed by atoms with Gasteiger partial charge in [-0.25, -0.2) is 4.98 Å². The highest BCUT2D eigenvalue weighted by Crippen LogP contribution is 2.10. The summed E-state index contributed by atoms with van der Waals surface area (Å²) in [6.45, 7) is 7.73. The van der Waals surface area contributed by atoms with Crippen LogP contribution >= 0.6 is 11.3 Å². The lowest BCUT2D eigenvalue weighted by Gasteiger charge is -2.35. The molecular weight excluding hydrogens is 194 g/mol. The topological polar surface area (TPSA) is 28.2 Å². The second kappa shape index (κ2) is 4.38. The number of hydrogen-bond donors (Lipinski definition) is 1. The van der Waals surface area contributed by atoms with Crippen LogP contribution in [0.25, 0.3) is 0 Å². The van der Waals surface area contributed by atoms with Crippen LogP contribution in [0.5, 0.6) is 0 Å². The first-order valence-electron chi connectivity index (χ1n) is 5.09. The lowest BCUT2D eigenvalue weighted by Crippen LogP contribution is -2.53. The minimum Gasteiger partial charge on any atom is -0.309 e. The van der Waals surface area contributed by atoms with Crippen molar-refractivity contribution in [2.75, 3.05) is 13.1 Å². The summed E-state index contributed by atoms with van der Waals surface area (Å²) in [6.07, 6.45) is 0. The smallest absolute Gasteiger partial charge is 0.0795 e.